The molecule has 166 valence electrons. The van der Waals surface area contributed by atoms with Gasteiger partial charge in [-0.1, -0.05) is 20.8 Å². The molecule has 1 aromatic carbocycles. The summed E-state index contributed by atoms with van der Waals surface area (Å²) < 4.78 is 12.0. The Labute approximate surface area is 184 Å². The van der Waals surface area contributed by atoms with Crippen LogP contribution in [0.5, 0.6) is 0 Å². The van der Waals surface area contributed by atoms with E-state index in [1.165, 1.54) is 11.1 Å². The molecule has 3 heterocycles. The number of rotatable bonds is 3. The number of aryl methyl sites for hydroxylation is 3. The third-order valence-electron chi connectivity index (χ3n) is 6.27. The first-order chi connectivity index (χ1) is 14.6. The molecular weight excluding hydrogens is 390 g/mol. The van der Waals surface area contributed by atoms with Gasteiger partial charge in [-0.25, -0.2) is 4.98 Å². The number of hydrogen-bond donors (Lipinski definition) is 0. The summed E-state index contributed by atoms with van der Waals surface area (Å²) in [5.74, 6) is 2.09. The Morgan fingerprint density at radius 2 is 1.77 bits per heavy atom. The molecule has 0 aliphatic carbocycles. The lowest BCUT2D eigenvalue weighted by atomic mass is 9.94. The van der Waals surface area contributed by atoms with Crippen LogP contribution in [0.15, 0.2) is 27.2 Å². The number of nitrogens with zero attached hydrogens (tertiary/aromatic N) is 3. The van der Waals surface area contributed by atoms with E-state index in [1.54, 1.807) is 0 Å². The molecule has 1 aliphatic heterocycles. The fourth-order valence-electron chi connectivity index (χ4n) is 4.08. The molecule has 0 atom stereocenters. The highest BCUT2D eigenvalue weighted by atomic mass is 16.4. The van der Waals surface area contributed by atoms with Crippen LogP contribution < -0.4 is 0 Å². The minimum atomic E-state index is -0.0468. The first kappa shape index (κ1) is 21.6. The maximum atomic E-state index is 13.3. The van der Waals surface area contributed by atoms with E-state index in [0.717, 1.165) is 54.2 Å². The molecule has 6 nitrogen and oxygen atoms in total. The van der Waals surface area contributed by atoms with Gasteiger partial charge in [0.05, 0.1) is 12.7 Å². The van der Waals surface area contributed by atoms with Crippen LogP contribution in [0.1, 0.15) is 66.1 Å². The van der Waals surface area contributed by atoms with Crippen molar-refractivity contribution >= 4 is 16.9 Å². The van der Waals surface area contributed by atoms with E-state index in [2.05, 4.69) is 50.6 Å². The van der Waals surface area contributed by atoms with E-state index in [-0.39, 0.29) is 11.3 Å². The normalized spacial score (nSPS) is 16.1. The van der Waals surface area contributed by atoms with Gasteiger partial charge in [-0.15, -0.1) is 0 Å². The topological polar surface area (TPSA) is 62.7 Å². The fraction of sp³-hybridized carbons (Fsp3) is 0.520. The van der Waals surface area contributed by atoms with Gasteiger partial charge in [-0.05, 0) is 50.5 Å². The summed E-state index contributed by atoms with van der Waals surface area (Å²) in [7, 11) is 0. The van der Waals surface area contributed by atoms with Gasteiger partial charge in [-0.3, -0.25) is 9.69 Å². The molecule has 0 spiro atoms. The lowest BCUT2D eigenvalue weighted by Gasteiger charge is -2.20. The minimum absolute atomic E-state index is 0.0167. The van der Waals surface area contributed by atoms with Gasteiger partial charge in [0.25, 0.3) is 5.91 Å². The molecule has 31 heavy (non-hydrogen) atoms. The number of benzene rings is 1. The minimum Gasteiger partial charge on any atom is -0.451 e. The van der Waals surface area contributed by atoms with Crippen LogP contribution in [0.2, 0.25) is 0 Å². The lowest BCUT2D eigenvalue weighted by Crippen LogP contribution is -2.35. The Kier molecular flexibility index (Phi) is 5.69. The summed E-state index contributed by atoms with van der Waals surface area (Å²) in [5.41, 5.74) is 4.06. The molecule has 0 radical (unpaired) electrons. The van der Waals surface area contributed by atoms with Crippen molar-refractivity contribution in [3.8, 4) is 0 Å². The molecule has 2 aromatic heterocycles. The molecule has 1 fully saturated rings. The highest BCUT2D eigenvalue weighted by Gasteiger charge is 2.26. The second-order valence-corrected chi connectivity index (χ2v) is 9.78. The zero-order valence-corrected chi connectivity index (χ0v) is 19.5. The smallest absolute Gasteiger partial charge is 0.289 e. The third kappa shape index (κ3) is 4.40. The maximum absolute atomic E-state index is 13.3. The summed E-state index contributed by atoms with van der Waals surface area (Å²) in [4.78, 5) is 22.0. The Morgan fingerprint density at radius 1 is 1.03 bits per heavy atom. The van der Waals surface area contributed by atoms with Crippen LogP contribution in [-0.4, -0.2) is 46.9 Å². The van der Waals surface area contributed by atoms with E-state index >= 15 is 0 Å². The lowest BCUT2D eigenvalue weighted by molar-refractivity contribution is 0.0730. The molecule has 0 bridgehead atoms. The number of aromatic nitrogens is 1. The van der Waals surface area contributed by atoms with Crippen molar-refractivity contribution in [2.24, 2.45) is 0 Å². The van der Waals surface area contributed by atoms with Gasteiger partial charge in [0.1, 0.15) is 11.3 Å². The number of oxazole rings is 1. The molecule has 1 aliphatic rings. The molecule has 3 aromatic rings. The number of furan rings is 1. The van der Waals surface area contributed by atoms with E-state index in [1.807, 2.05) is 24.1 Å². The molecule has 0 unspecified atom stereocenters. The highest BCUT2D eigenvalue weighted by molar-refractivity contribution is 5.99. The van der Waals surface area contributed by atoms with E-state index in [9.17, 15) is 4.79 Å². The van der Waals surface area contributed by atoms with Gasteiger partial charge in [0, 0.05) is 42.5 Å². The fourth-order valence-corrected chi connectivity index (χ4v) is 4.08. The number of amides is 1. The van der Waals surface area contributed by atoms with Crippen molar-refractivity contribution in [1.29, 1.82) is 0 Å². The van der Waals surface area contributed by atoms with Crippen molar-refractivity contribution in [2.75, 3.05) is 26.2 Å². The van der Waals surface area contributed by atoms with Crippen molar-refractivity contribution in [3.05, 3.63) is 52.4 Å². The standard InChI is InChI=1S/C25H33N3O3/c1-16-12-19-18(3)23(30-20(19)13-17(16)2)24(29)28-9-7-8-27(10-11-28)15-22-26-14-21(31-22)25(4,5)6/h12-14H,7-11,15H2,1-6H3. The van der Waals surface area contributed by atoms with Crippen molar-refractivity contribution in [3.63, 3.8) is 0 Å². The van der Waals surface area contributed by atoms with Gasteiger partial charge in [0.2, 0.25) is 5.89 Å². The average molecular weight is 424 g/mol. The largest absolute Gasteiger partial charge is 0.451 e. The van der Waals surface area contributed by atoms with Crippen LogP contribution >= 0.6 is 0 Å². The molecule has 0 N–H and O–H groups in total. The Balaban J connectivity index is 1.45. The number of carbonyl (C=O) groups excluding carboxylic acids is 1. The Bertz CT molecular complexity index is 1100. The van der Waals surface area contributed by atoms with E-state index in [0.29, 0.717) is 18.8 Å². The molecule has 0 saturated carbocycles. The summed E-state index contributed by atoms with van der Waals surface area (Å²) >= 11 is 0. The van der Waals surface area contributed by atoms with Crippen molar-refractivity contribution in [1.82, 2.24) is 14.8 Å². The second kappa shape index (κ2) is 8.15. The highest BCUT2D eigenvalue weighted by Crippen LogP contribution is 2.29. The average Bonchev–Trinajstić information content (AvgIpc) is 3.21. The molecule has 4 rings (SSSR count). The van der Waals surface area contributed by atoms with Crippen LogP contribution in [0.4, 0.5) is 0 Å². The predicted octanol–water partition coefficient (Wildman–Crippen LogP) is 4.99. The van der Waals surface area contributed by atoms with Crippen LogP contribution in [0.3, 0.4) is 0 Å². The predicted molar refractivity (Wildman–Crippen MR) is 121 cm³/mol. The maximum Gasteiger partial charge on any atom is 0.289 e. The first-order valence-corrected chi connectivity index (χ1v) is 11.1. The van der Waals surface area contributed by atoms with E-state index < -0.39 is 0 Å². The number of fused-ring (bicyclic) bond motifs is 1. The van der Waals surface area contributed by atoms with Crippen molar-refractivity contribution < 1.29 is 13.6 Å². The number of hydrogen-bond acceptors (Lipinski definition) is 5. The molecule has 6 heteroatoms. The molecular formula is C25H33N3O3. The SMILES string of the molecule is Cc1cc2oc(C(=O)N3CCCN(Cc4ncc(C(C)(C)C)o4)CC3)c(C)c2cc1C. The second-order valence-electron chi connectivity index (χ2n) is 9.78. The quantitative estimate of drug-likeness (QED) is 0.594. The number of carbonyl (C=O) groups is 1. The Hall–Kier alpha value is -2.60. The van der Waals surface area contributed by atoms with Crippen molar-refractivity contribution in [2.45, 2.75) is 59.9 Å². The molecule has 1 amide bonds. The van der Waals surface area contributed by atoms with E-state index in [4.69, 9.17) is 8.83 Å². The van der Waals surface area contributed by atoms with Crippen LogP contribution in [0, 0.1) is 20.8 Å². The van der Waals surface area contributed by atoms with Crippen LogP contribution in [0.25, 0.3) is 11.0 Å². The van der Waals surface area contributed by atoms with Gasteiger partial charge in [0.15, 0.2) is 5.76 Å². The molecule has 1 saturated heterocycles. The monoisotopic (exact) mass is 423 g/mol. The van der Waals surface area contributed by atoms with Crippen LogP contribution in [-0.2, 0) is 12.0 Å². The van der Waals surface area contributed by atoms with Gasteiger partial charge in [-0.2, -0.15) is 0 Å². The van der Waals surface area contributed by atoms with Gasteiger partial charge < -0.3 is 13.7 Å². The third-order valence-corrected chi connectivity index (χ3v) is 6.27. The summed E-state index contributed by atoms with van der Waals surface area (Å²) in [5, 5.41) is 1.03. The zero-order chi connectivity index (χ0) is 22.3. The summed E-state index contributed by atoms with van der Waals surface area (Å²) in [6, 6.07) is 4.15. The Morgan fingerprint density at radius 3 is 2.48 bits per heavy atom. The summed E-state index contributed by atoms with van der Waals surface area (Å²) in [6.45, 7) is 16.3. The summed E-state index contributed by atoms with van der Waals surface area (Å²) in [6.07, 6.45) is 2.74. The van der Waals surface area contributed by atoms with Gasteiger partial charge >= 0.3 is 0 Å². The first-order valence-electron chi connectivity index (χ1n) is 11.1. The zero-order valence-electron chi connectivity index (χ0n) is 19.5.